The summed E-state index contributed by atoms with van der Waals surface area (Å²) >= 11 is 5.90. The maximum atomic E-state index is 11.5. The summed E-state index contributed by atoms with van der Waals surface area (Å²) in [7, 11) is 1.35. The number of methoxy groups -OCH3 is 1. The normalized spacial score (nSPS) is 10.3. The van der Waals surface area contributed by atoms with E-state index in [1.165, 1.54) is 7.11 Å². The Balaban J connectivity index is 1.77. The molecule has 0 saturated carbocycles. The molecule has 0 unspecified atom stereocenters. The maximum absolute atomic E-state index is 11.5. The van der Waals surface area contributed by atoms with Crippen LogP contribution < -0.4 is 10.6 Å². The average Bonchev–Trinajstić information content (AvgIpc) is 2.63. The Kier molecular flexibility index (Phi) is 5.34. The molecule has 2 aromatic carbocycles. The van der Waals surface area contributed by atoms with E-state index in [1.807, 2.05) is 25.1 Å². The van der Waals surface area contributed by atoms with Gasteiger partial charge < -0.3 is 15.4 Å². The molecule has 6 nitrogen and oxygen atoms in total. The van der Waals surface area contributed by atoms with Crippen LogP contribution in [0, 0.1) is 6.92 Å². The Morgan fingerprint density at radius 1 is 0.962 bits per heavy atom. The van der Waals surface area contributed by atoms with Crippen LogP contribution in [-0.4, -0.2) is 23.0 Å². The number of hydrogen-bond acceptors (Lipinski definition) is 6. The first-order valence-electron chi connectivity index (χ1n) is 7.87. The van der Waals surface area contributed by atoms with E-state index in [9.17, 15) is 4.79 Å². The molecular weight excluding hydrogens is 352 g/mol. The number of nitrogens with one attached hydrogen (secondary N) is 2. The van der Waals surface area contributed by atoms with Crippen LogP contribution in [-0.2, 0) is 4.74 Å². The molecule has 0 saturated heterocycles. The number of anilines is 4. The van der Waals surface area contributed by atoms with Gasteiger partial charge in [0, 0.05) is 28.2 Å². The summed E-state index contributed by atoms with van der Waals surface area (Å²) in [6, 6.07) is 16.1. The molecule has 3 rings (SSSR count). The van der Waals surface area contributed by atoms with Gasteiger partial charge in [0.1, 0.15) is 5.82 Å². The number of carbonyl (C=O) groups excluding carboxylic acids is 1. The molecule has 0 aliphatic heterocycles. The Morgan fingerprint density at radius 2 is 1.58 bits per heavy atom. The summed E-state index contributed by atoms with van der Waals surface area (Å²) < 4.78 is 4.69. The average molecular weight is 369 g/mol. The topological polar surface area (TPSA) is 76.1 Å². The van der Waals surface area contributed by atoms with Crippen molar-refractivity contribution in [2.45, 2.75) is 6.92 Å². The zero-order valence-electron chi connectivity index (χ0n) is 14.3. The highest BCUT2D eigenvalue weighted by Crippen LogP contribution is 2.21. The molecule has 0 radical (unpaired) electrons. The standard InChI is InChI=1S/C19H17ClN4O2/c1-12-11-17(22-15-9-5-14(20)6-10-15)24-19(21-12)23-16-7-3-13(4-8-16)18(25)26-2/h3-11H,1-2H3,(H2,21,22,23,24). The first kappa shape index (κ1) is 17.7. The highest BCUT2D eigenvalue weighted by atomic mass is 35.5. The van der Waals surface area contributed by atoms with Gasteiger partial charge >= 0.3 is 5.97 Å². The molecule has 0 fully saturated rings. The van der Waals surface area contributed by atoms with Crippen molar-refractivity contribution in [3.05, 3.63) is 70.9 Å². The number of carbonyl (C=O) groups is 1. The van der Waals surface area contributed by atoms with Crippen LogP contribution in [0.25, 0.3) is 0 Å². The van der Waals surface area contributed by atoms with Crippen molar-refractivity contribution < 1.29 is 9.53 Å². The van der Waals surface area contributed by atoms with E-state index in [-0.39, 0.29) is 5.97 Å². The molecule has 2 N–H and O–H groups in total. The van der Waals surface area contributed by atoms with Crippen LogP contribution >= 0.6 is 11.6 Å². The summed E-state index contributed by atoms with van der Waals surface area (Å²) in [5.74, 6) is 0.735. The van der Waals surface area contributed by atoms with Gasteiger partial charge in [-0.05, 0) is 55.5 Å². The molecule has 0 aliphatic carbocycles. The van der Waals surface area contributed by atoms with Gasteiger partial charge in [0.2, 0.25) is 5.95 Å². The third-order valence-electron chi connectivity index (χ3n) is 3.53. The van der Waals surface area contributed by atoms with Gasteiger partial charge in [-0.25, -0.2) is 9.78 Å². The molecule has 1 heterocycles. The van der Waals surface area contributed by atoms with Gasteiger partial charge in [-0.1, -0.05) is 11.6 Å². The number of aryl methyl sites for hydroxylation is 1. The Hall–Kier alpha value is -3.12. The largest absolute Gasteiger partial charge is 0.465 e. The lowest BCUT2D eigenvalue weighted by molar-refractivity contribution is 0.0601. The summed E-state index contributed by atoms with van der Waals surface area (Å²) in [5, 5.41) is 7.02. The van der Waals surface area contributed by atoms with Gasteiger partial charge in [-0.3, -0.25) is 0 Å². The van der Waals surface area contributed by atoms with E-state index in [0.717, 1.165) is 17.1 Å². The molecule has 0 bridgehead atoms. The number of hydrogen-bond donors (Lipinski definition) is 2. The SMILES string of the molecule is COC(=O)c1ccc(Nc2nc(C)cc(Nc3ccc(Cl)cc3)n2)cc1. The maximum Gasteiger partial charge on any atom is 0.337 e. The molecule has 0 spiro atoms. The molecule has 132 valence electrons. The fraction of sp³-hybridized carbons (Fsp3) is 0.105. The third-order valence-corrected chi connectivity index (χ3v) is 3.78. The number of aromatic nitrogens is 2. The van der Waals surface area contributed by atoms with Crippen LogP contribution in [0.5, 0.6) is 0 Å². The molecule has 3 aromatic rings. The van der Waals surface area contributed by atoms with Crippen LogP contribution in [0.2, 0.25) is 5.02 Å². The Bertz CT molecular complexity index is 912. The number of halogens is 1. The number of esters is 1. The van der Waals surface area contributed by atoms with Crippen molar-refractivity contribution in [3.8, 4) is 0 Å². The number of nitrogens with zero attached hydrogens (tertiary/aromatic N) is 2. The lowest BCUT2D eigenvalue weighted by atomic mass is 10.2. The van der Waals surface area contributed by atoms with Gasteiger partial charge in [0.15, 0.2) is 0 Å². The number of rotatable bonds is 5. The first-order chi connectivity index (χ1) is 12.5. The number of benzene rings is 2. The highest BCUT2D eigenvalue weighted by molar-refractivity contribution is 6.30. The van der Waals surface area contributed by atoms with Crippen LogP contribution in [0.15, 0.2) is 54.6 Å². The summed E-state index contributed by atoms with van der Waals surface area (Å²) in [6.45, 7) is 1.89. The predicted octanol–water partition coefficient (Wildman–Crippen LogP) is 4.71. The van der Waals surface area contributed by atoms with Crippen LogP contribution in [0.3, 0.4) is 0 Å². The fourth-order valence-corrected chi connectivity index (χ4v) is 2.43. The minimum Gasteiger partial charge on any atom is -0.465 e. The van der Waals surface area contributed by atoms with E-state index < -0.39 is 0 Å². The van der Waals surface area contributed by atoms with Crippen molar-refractivity contribution in [2.24, 2.45) is 0 Å². The monoisotopic (exact) mass is 368 g/mol. The van der Waals surface area contributed by atoms with Gasteiger partial charge in [0.25, 0.3) is 0 Å². The smallest absolute Gasteiger partial charge is 0.337 e. The van der Waals surface area contributed by atoms with E-state index in [0.29, 0.717) is 22.4 Å². The first-order valence-corrected chi connectivity index (χ1v) is 8.25. The zero-order chi connectivity index (χ0) is 18.5. The van der Waals surface area contributed by atoms with E-state index in [2.05, 4.69) is 25.3 Å². The molecular formula is C19H17ClN4O2. The van der Waals surface area contributed by atoms with Crippen molar-refractivity contribution >= 4 is 40.7 Å². The predicted molar refractivity (Wildman–Crippen MR) is 103 cm³/mol. The minimum absolute atomic E-state index is 0.377. The van der Waals surface area contributed by atoms with Crippen molar-refractivity contribution in [1.82, 2.24) is 9.97 Å². The Morgan fingerprint density at radius 3 is 2.23 bits per heavy atom. The van der Waals surface area contributed by atoms with Gasteiger partial charge in [-0.2, -0.15) is 4.98 Å². The lowest BCUT2D eigenvalue weighted by Gasteiger charge is -2.10. The lowest BCUT2D eigenvalue weighted by Crippen LogP contribution is -2.03. The van der Waals surface area contributed by atoms with Crippen molar-refractivity contribution in [3.63, 3.8) is 0 Å². The fourth-order valence-electron chi connectivity index (χ4n) is 2.31. The zero-order valence-corrected chi connectivity index (χ0v) is 15.0. The van der Waals surface area contributed by atoms with E-state index in [4.69, 9.17) is 11.6 Å². The van der Waals surface area contributed by atoms with Crippen LogP contribution in [0.1, 0.15) is 16.1 Å². The summed E-state index contributed by atoms with van der Waals surface area (Å²) in [4.78, 5) is 20.3. The molecule has 7 heteroatoms. The van der Waals surface area contributed by atoms with E-state index in [1.54, 1.807) is 36.4 Å². The minimum atomic E-state index is -0.377. The molecule has 26 heavy (non-hydrogen) atoms. The van der Waals surface area contributed by atoms with Crippen molar-refractivity contribution in [2.75, 3.05) is 17.7 Å². The number of ether oxygens (including phenoxy) is 1. The second kappa shape index (κ2) is 7.84. The van der Waals surface area contributed by atoms with Gasteiger partial charge in [-0.15, -0.1) is 0 Å². The molecule has 0 aliphatic rings. The summed E-state index contributed by atoms with van der Waals surface area (Å²) in [5.41, 5.74) is 2.93. The highest BCUT2D eigenvalue weighted by Gasteiger charge is 2.07. The molecule has 0 atom stereocenters. The summed E-state index contributed by atoms with van der Waals surface area (Å²) in [6.07, 6.45) is 0. The second-order valence-electron chi connectivity index (χ2n) is 5.54. The van der Waals surface area contributed by atoms with Crippen molar-refractivity contribution in [1.29, 1.82) is 0 Å². The molecule has 0 amide bonds. The quantitative estimate of drug-likeness (QED) is 0.635. The van der Waals surface area contributed by atoms with Gasteiger partial charge in [0.05, 0.1) is 12.7 Å². The third kappa shape index (κ3) is 4.49. The van der Waals surface area contributed by atoms with Crippen LogP contribution in [0.4, 0.5) is 23.1 Å². The van der Waals surface area contributed by atoms with E-state index >= 15 is 0 Å². The second-order valence-corrected chi connectivity index (χ2v) is 5.98. The Labute approximate surface area is 156 Å². The molecule has 1 aromatic heterocycles.